The number of hydrogen-bond acceptors (Lipinski definition) is 2. The van der Waals surface area contributed by atoms with Gasteiger partial charge in [0.2, 0.25) is 0 Å². The molecule has 0 saturated carbocycles. The summed E-state index contributed by atoms with van der Waals surface area (Å²) in [7, 11) is 0. The Hall–Kier alpha value is -1.84. The van der Waals surface area contributed by atoms with Gasteiger partial charge in [0, 0.05) is 18.5 Å². The second-order valence-electron chi connectivity index (χ2n) is 6.34. The van der Waals surface area contributed by atoms with Crippen molar-refractivity contribution in [2.45, 2.75) is 57.4 Å². The molecule has 22 heavy (non-hydrogen) atoms. The molecule has 0 fully saturated rings. The molecular weight excluding hydrogens is 278 g/mol. The minimum Gasteiger partial charge on any atom is -0.481 e. The summed E-state index contributed by atoms with van der Waals surface area (Å²) in [5, 5.41) is 8.62. The lowest BCUT2D eigenvalue weighted by molar-refractivity contribution is -0.137. The molecule has 1 aromatic carbocycles. The van der Waals surface area contributed by atoms with Crippen molar-refractivity contribution in [2.75, 3.05) is 6.54 Å². The number of carbonyl (C=O) groups excluding carboxylic acids is 1. The molecule has 0 radical (unpaired) electrons. The number of aryl methyl sites for hydroxylation is 1. The SMILES string of the molecule is O=C(O)CCCCCCN1C(=O)c2cccc3c2C1CCC3. The number of amides is 1. The van der Waals surface area contributed by atoms with Crippen LogP contribution in [0, 0.1) is 0 Å². The van der Waals surface area contributed by atoms with E-state index in [9.17, 15) is 9.59 Å². The molecular formula is C18H23NO3. The topological polar surface area (TPSA) is 57.6 Å². The van der Waals surface area contributed by atoms with Gasteiger partial charge in [-0.15, -0.1) is 0 Å². The van der Waals surface area contributed by atoms with Crippen LogP contribution in [0.1, 0.15) is 72.5 Å². The van der Waals surface area contributed by atoms with Gasteiger partial charge in [-0.2, -0.15) is 0 Å². The first-order valence-electron chi connectivity index (χ1n) is 8.33. The van der Waals surface area contributed by atoms with Gasteiger partial charge in [0.1, 0.15) is 0 Å². The number of carboxylic acids is 1. The monoisotopic (exact) mass is 301 g/mol. The molecule has 1 N–H and O–H groups in total. The van der Waals surface area contributed by atoms with E-state index in [1.54, 1.807) is 0 Å². The summed E-state index contributed by atoms with van der Waals surface area (Å²) < 4.78 is 0. The zero-order valence-electron chi connectivity index (χ0n) is 12.9. The van der Waals surface area contributed by atoms with E-state index < -0.39 is 5.97 Å². The van der Waals surface area contributed by atoms with Crippen molar-refractivity contribution in [1.29, 1.82) is 0 Å². The highest BCUT2D eigenvalue weighted by molar-refractivity contribution is 5.99. The van der Waals surface area contributed by atoms with Gasteiger partial charge < -0.3 is 10.0 Å². The van der Waals surface area contributed by atoms with Crippen LogP contribution in [-0.4, -0.2) is 28.4 Å². The fourth-order valence-corrected chi connectivity index (χ4v) is 3.82. The summed E-state index contributed by atoms with van der Waals surface area (Å²) in [6, 6.07) is 6.41. The molecule has 0 saturated heterocycles. The Morgan fingerprint density at radius 3 is 2.86 bits per heavy atom. The largest absolute Gasteiger partial charge is 0.481 e. The van der Waals surface area contributed by atoms with Crippen LogP contribution in [0.25, 0.3) is 0 Å². The van der Waals surface area contributed by atoms with Crippen LogP contribution in [0.5, 0.6) is 0 Å². The highest BCUT2D eigenvalue weighted by Gasteiger charge is 2.38. The second-order valence-corrected chi connectivity index (χ2v) is 6.34. The predicted octanol–water partition coefficient (Wildman–Crippen LogP) is 3.55. The van der Waals surface area contributed by atoms with E-state index in [1.165, 1.54) is 11.1 Å². The summed E-state index contributed by atoms with van der Waals surface area (Å²) >= 11 is 0. The first-order valence-corrected chi connectivity index (χ1v) is 8.33. The normalized spacial score (nSPS) is 19.4. The van der Waals surface area contributed by atoms with Crippen LogP contribution >= 0.6 is 0 Å². The van der Waals surface area contributed by atoms with Crippen LogP contribution in [0.2, 0.25) is 0 Å². The molecule has 4 heteroatoms. The number of hydrogen-bond donors (Lipinski definition) is 1. The number of rotatable bonds is 7. The van der Waals surface area contributed by atoms with E-state index in [2.05, 4.69) is 6.07 Å². The number of carboxylic acid groups (broad SMARTS) is 1. The summed E-state index contributed by atoms with van der Waals surface area (Å²) in [6.45, 7) is 0.796. The maximum Gasteiger partial charge on any atom is 0.303 e. The van der Waals surface area contributed by atoms with Crippen molar-refractivity contribution in [3.63, 3.8) is 0 Å². The van der Waals surface area contributed by atoms with Crippen LogP contribution in [0.3, 0.4) is 0 Å². The van der Waals surface area contributed by atoms with Crippen LogP contribution in [-0.2, 0) is 11.2 Å². The maximum atomic E-state index is 12.6. The summed E-state index contributed by atoms with van der Waals surface area (Å²) in [5.74, 6) is -0.533. The third kappa shape index (κ3) is 2.87. The van der Waals surface area contributed by atoms with Gasteiger partial charge >= 0.3 is 5.97 Å². The highest BCUT2D eigenvalue weighted by Crippen LogP contribution is 2.42. The molecule has 1 unspecified atom stereocenters. The lowest BCUT2D eigenvalue weighted by Crippen LogP contribution is -2.30. The molecule has 0 bridgehead atoms. The molecule has 1 heterocycles. The Labute approximate surface area is 131 Å². The molecule has 3 rings (SSSR count). The van der Waals surface area contributed by atoms with Crippen molar-refractivity contribution in [1.82, 2.24) is 4.90 Å². The van der Waals surface area contributed by atoms with Gasteiger partial charge in [-0.1, -0.05) is 25.0 Å². The number of nitrogens with zero attached hydrogens (tertiary/aromatic N) is 1. The van der Waals surface area contributed by atoms with Crippen LogP contribution in [0.4, 0.5) is 0 Å². The van der Waals surface area contributed by atoms with Gasteiger partial charge in [-0.25, -0.2) is 0 Å². The third-order valence-corrected chi connectivity index (χ3v) is 4.86. The van der Waals surface area contributed by atoms with Gasteiger partial charge in [-0.05, 0) is 49.3 Å². The molecule has 4 nitrogen and oxygen atoms in total. The Balaban J connectivity index is 1.56. The zero-order valence-corrected chi connectivity index (χ0v) is 12.9. The summed E-state index contributed by atoms with van der Waals surface area (Å²) in [4.78, 5) is 25.1. The fraction of sp³-hybridized carbons (Fsp3) is 0.556. The first kappa shape index (κ1) is 15.1. The lowest BCUT2D eigenvalue weighted by Gasteiger charge is -2.29. The third-order valence-electron chi connectivity index (χ3n) is 4.86. The molecule has 1 amide bonds. The van der Waals surface area contributed by atoms with Gasteiger partial charge in [0.25, 0.3) is 5.91 Å². The van der Waals surface area contributed by atoms with Crippen LogP contribution in [0.15, 0.2) is 18.2 Å². The van der Waals surface area contributed by atoms with E-state index >= 15 is 0 Å². The quantitative estimate of drug-likeness (QED) is 0.783. The van der Waals surface area contributed by atoms with Crippen molar-refractivity contribution >= 4 is 11.9 Å². The van der Waals surface area contributed by atoms with Gasteiger partial charge in [0.15, 0.2) is 0 Å². The van der Waals surface area contributed by atoms with Gasteiger partial charge in [-0.3, -0.25) is 9.59 Å². The summed E-state index contributed by atoms with van der Waals surface area (Å²) in [6.07, 6.45) is 7.20. The number of benzene rings is 1. The Kier molecular flexibility index (Phi) is 4.46. The van der Waals surface area contributed by atoms with E-state index in [1.807, 2.05) is 17.0 Å². The molecule has 1 aliphatic carbocycles. The molecule has 1 aromatic rings. The zero-order chi connectivity index (χ0) is 15.5. The van der Waals surface area contributed by atoms with Crippen molar-refractivity contribution in [3.05, 3.63) is 34.9 Å². The van der Waals surface area contributed by atoms with E-state index in [0.29, 0.717) is 0 Å². The number of aliphatic carboxylic acids is 1. The Morgan fingerprint density at radius 1 is 1.23 bits per heavy atom. The lowest BCUT2D eigenvalue weighted by atomic mass is 9.87. The smallest absolute Gasteiger partial charge is 0.303 e. The van der Waals surface area contributed by atoms with E-state index in [0.717, 1.165) is 57.1 Å². The molecule has 0 spiro atoms. The Bertz CT molecular complexity index is 582. The molecule has 118 valence electrons. The fourth-order valence-electron chi connectivity index (χ4n) is 3.82. The second kappa shape index (κ2) is 6.51. The maximum absolute atomic E-state index is 12.6. The van der Waals surface area contributed by atoms with Crippen molar-refractivity contribution in [3.8, 4) is 0 Å². The van der Waals surface area contributed by atoms with E-state index in [4.69, 9.17) is 5.11 Å². The number of carbonyl (C=O) groups is 2. The minimum absolute atomic E-state index is 0.189. The van der Waals surface area contributed by atoms with E-state index in [-0.39, 0.29) is 18.4 Å². The van der Waals surface area contributed by atoms with Crippen molar-refractivity contribution in [2.24, 2.45) is 0 Å². The standard InChI is InChI=1S/C18H23NO3/c20-16(21)11-3-1-2-4-12-19-15-10-6-8-13-7-5-9-14(17(13)15)18(19)22/h5,7,9,15H,1-4,6,8,10-12H2,(H,20,21). The molecule has 0 aromatic heterocycles. The first-order chi connectivity index (χ1) is 10.7. The molecule has 1 aliphatic heterocycles. The highest BCUT2D eigenvalue weighted by atomic mass is 16.4. The summed E-state index contributed by atoms with van der Waals surface area (Å²) in [5.41, 5.74) is 3.55. The average molecular weight is 301 g/mol. The van der Waals surface area contributed by atoms with Crippen LogP contribution < -0.4 is 0 Å². The molecule has 1 atom stereocenters. The Morgan fingerprint density at radius 2 is 2.05 bits per heavy atom. The number of unbranched alkanes of at least 4 members (excludes halogenated alkanes) is 3. The van der Waals surface area contributed by atoms with Gasteiger partial charge in [0.05, 0.1) is 6.04 Å². The molecule has 2 aliphatic rings. The van der Waals surface area contributed by atoms with Crippen molar-refractivity contribution < 1.29 is 14.7 Å². The minimum atomic E-state index is -0.722. The predicted molar refractivity (Wildman–Crippen MR) is 83.9 cm³/mol. The average Bonchev–Trinajstić information content (AvgIpc) is 2.78.